The second kappa shape index (κ2) is 6.94. The highest BCUT2D eigenvalue weighted by Gasteiger charge is 2.33. The first-order valence-electron chi connectivity index (χ1n) is 8.48. The highest BCUT2D eigenvalue weighted by Crippen LogP contribution is 2.32. The molecule has 2 aromatic heterocycles. The summed E-state index contributed by atoms with van der Waals surface area (Å²) < 4.78 is 33.2. The summed E-state index contributed by atoms with van der Waals surface area (Å²) in [6, 6.07) is 10.8. The number of hydrogen-bond donors (Lipinski definition) is 0. The van der Waals surface area contributed by atoms with Crippen LogP contribution in [0.5, 0.6) is 0 Å². The van der Waals surface area contributed by atoms with Gasteiger partial charge in [-0.15, -0.1) is 21.5 Å². The fourth-order valence-corrected chi connectivity index (χ4v) is 5.29. The Labute approximate surface area is 156 Å². The lowest BCUT2D eigenvalue weighted by Gasteiger charge is -2.30. The van der Waals surface area contributed by atoms with E-state index in [1.54, 1.807) is 12.1 Å². The standard InChI is InChI=1S/C18H19N3O3S2/c1-13-6-8-15(9-7-13)26(22,23)21-10-2-4-14(12-21)17-19-20-18(24-17)16-5-3-11-25-16/h3,5-9,11,14H,2,4,10,12H2,1H3/t14-/m0/s1. The smallest absolute Gasteiger partial charge is 0.257 e. The van der Waals surface area contributed by atoms with Crippen molar-refractivity contribution in [1.29, 1.82) is 0 Å². The predicted octanol–water partition coefficient (Wildman–Crippen LogP) is 3.67. The first-order valence-corrected chi connectivity index (χ1v) is 10.8. The van der Waals surface area contributed by atoms with Crippen molar-refractivity contribution < 1.29 is 12.8 Å². The van der Waals surface area contributed by atoms with Crippen LogP contribution in [0.3, 0.4) is 0 Å². The van der Waals surface area contributed by atoms with Crippen molar-refractivity contribution in [3.05, 3.63) is 53.2 Å². The molecule has 1 aromatic carbocycles. The number of nitrogens with zero attached hydrogens (tertiary/aromatic N) is 3. The molecule has 0 amide bonds. The summed E-state index contributed by atoms with van der Waals surface area (Å²) in [5, 5.41) is 10.2. The molecule has 8 heteroatoms. The molecule has 1 aliphatic heterocycles. The molecule has 1 aliphatic rings. The van der Waals surface area contributed by atoms with Gasteiger partial charge in [-0.3, -0.25) is 0 Å². The summed E-state index contributed by atoms with van der Waals surface area (Å²) in [7, 11) is -3.51. The topological polar surface area (TPSA) is 76.3 Å². The molecule has 0 spiro atoms. The maximum absolute atomic E-state index is 12.9. The van der Waals surface area contributed by atoms with Gasteiger partial charge >= 0.3 is 0 Å². The van der Waals surface area contributed by atoms with E-state index in [0.29, 0.717) is 29.8 Å². The first kappa shape index (κ1) is 17.4. The summed E-state index contributed by atoms with van der Waals surface area (Å²) in [5.41, 5.74) is 1.03. The summed E-state index contributed by atoms with van der Waals surface area (Å²) in [6.07, 6.45) is 1.61. The van der Waals surface area contributed by atoms with E-state index in [0.717, 1.165) is 23.3 Å². The van der Waals surface area contributed by atoms with Gasteiger partial charge in [-0.05, 0) is 43.3 Å². The summed E-state index contributed by atoms with van der Waals surface area (Å²) in [5.74, 6) is 0.927. The van der Waals surface area contributed by atoms with Gasteiger partial charge in [-0.25, -0.2) is 8.42 Å². The Morgan fingerprint density at radius 1 is 1.19 bits per heavy atom. The normalized spacial score (nSPS) is 18.9. The SMILES string of the molecule is Cc1ccc(S(=O)(=O)N2CCC[C@H](c3nnc(-c4cccs4)o3)C2)cc1. The molecule has 26 heavy (non-hydrogen) atoms. The van der Waals surface area contributed by atoms with Crippen LogP contribution >= 0.6 is 11.3 Å². The van der Waals surface area contributed by atoms with Crippen molar-refractivity contribution in [3.63, 3.8) is 0 Å². The Kier molecular flexibility index (Phi) is 4.64. The summed E-state index contributed by atoms with van der Waals surface area (Å²) in [6.45, 7) is 2.81. The van der Waals surface area contributed by atoms with E-state index >= 15 is 0 Å². The van der Waals surface area contributed by atoms with Gasteiger partial charge in [0, 0.05) is 13.1 Å². The van der Waals surface area contributed by atoms with E-state index in [1.807, 2.05) is 36.6 Å². The van der Waals surface area contributed by atoms with Crippen LogP contribution in [0.25, 0.3) is 10.8 Å². The second-order valence-corrected chi connectivity index (χ2v) is 9.32. The van der Waals surface area contributed by atoms with Gasteiger partial charge in [-0.2, -0.15) is 4.31 Å². The molecule has 3 aromatic rings. The van der Waals surface area contributed by atoms with Crippen molar-refractivity contribution in [2.24, 2.45) is 0 Å². The van der Waals surface area contributed by atoms with Crippen LogP contribution in [0.4, 0.5) is 0 Å². The van der Waals surface area contributed by atoms with Gasteiger partial charge < -0.3 is 4.42 Å². The largest absolute Gasteiger partial charge is 0.420 e. The first-order chi connectivity index (χ1) is 12.5. The monoisotopic (exact) mass is 389 g/mol. The number of sulfonamides is 1. The highest BCUT2D eigenvalue weighted by molar-refractivity contribution is 7.89. The number of benzene rings is 1. The maximum Gasteiger partial charge on any atom is 0.257 e. The molecule has 136 valence electrons. The third-order valence-corrected chi connectivity index (χ3v) is 7.30. The Morgan fingerprint density at radius 2 is 2.00 bits per heavy atom. The Hall–Kier alpha value is -2.03. The number of hydrogen-bond acceptors (Lipinski definition) is 6. The number of aryl methyl sites for hydroxylation is 1. The molecular formula is C18H19N3O3S2. The van der Waals surface area contributed by atoms with Crippen molar-refractivity contribution in [2.75, 3.05) is 13.1 Å². The summed E-state index contributed by atoms with van der Waals surface area (Å²) >= 11 is 1.54. The molecule has 0 saturated carbocycles. The minimum absolute atomic E-state index is 0.0785. The van der Waals surface area contributed by atoms with E-state index < -0.39 is 10.0 Å². The molecule has 1 fully saturated rings. The number of aromatic nitrogens is 2. The minimum Gasteiger partial charge on any atom is -0.420 e. The molecule has 0 aliphatic carbocycles. The predicted molar refractivity (Wildman–Crippen MR) is 99.5 cm³/mol. The van der Waals surface area contributed by atoms with Gasteiger partial charge in [0.05, 0.1) is 15.7 Å². The van der Waals surface area contributed by atoms with Gasteiger partial charge in [0.15, 0.2) is 0 Å². The van der Waals surface area contributed by atoms with Crippen LogP contribution in [0.1, 0.15) is 30.2 Å². The number of thiophene rings is 1. The minimum atomic E-state index is -3.51. The lowest BCUT2D eigenvalue weighted by molar-refractivity contribution is 0.286. The third-order valence-electron chi connectivity index (χ3n) is 4.56. The maximum atomic E-state index is 12.9. The molecule has 3 heterocycles. The molecule has 0 unspecified atom stereocenters. The van der Waals surface area contributed by atoms with Gasteiger partial charge in [0.2, 0.25) is 15.9 Å². The van der Waals surface area contributed by atoms with Crippen LogP contribution in [-0.2, 0) is 10.0 Å². The summed E-state index contributed by atoms with van der Waals surface area (Å²) in [4.78, 5) is 1.25. The molecule has 6 nitrogen and oxygen atoms in total. The lowest BCUT2D eigenvalue weighted by atomic mass is 10.00. The third kappa shape index (κ3) is 3.32. The van der Waals surface area contributed by atoms with E-state index in [2.05, 4.69) is 10.2 Å². The molecule has 0 radical (unpaired) electrons. The molecule has 1 atom stereocenters. The molecule has 0 N–H and O–H groups in total. The number of piperidine rings is 1. The Morgan fingerprint density at radius 3 is 2.73 bits per heavy atom. The van der Waals surface area contributed by atoms with Crippen LogP contribution < -0.4 is 0 Å². The van der Waals surface area contributed by atoms with E-state index in [4.69, 9.17) is 4.42 Å². The molecule has 4 rings (SSSR count). The molecule has 1 saturated heterocycles. The average Bonchev–Trinajstić information content (AvgIpc) is 3.34. The fourth-order valence-electron chi connectivity index (χ4n) is 3.12. The van der Waals surface area contributed by atoms with Gasteiger partial charge in [0.1, 0.15) is 0 Å². The quantitative estimate of drug-likeness (QED) is 0.680. The lowest BCUT2D eigenvalue weighted by Crippen LogP contribution is -2.39. The van der Waals surface area contributed by atoms with Crippen molar-refractivity contribution in [1.82, 2.24) is 14.5 Å². The van der Waals surface area contributed by atoms with Crippen LogP contribution in [0.2, 0.25) is 0 Å². The zero-order valence-electron chi connectivity index (χ0n) is 14.3. The van der Waals surface area contributed by atoms with Crippen LogP contribution in [-0.4, -0.2) is 36.0 Å². The Bertz CT molecular complexity index is 979. The van der Waals surface area contributed by atoms with Crippen molar-refractivity contribution in [2.45, 2.75) is 30.6 Å². The molecule has 0 bridgehead atoms. The van der Waals surface area contributed by atoms with E-state index in [9.17, 15) is 8.42 Å². The average molecular weight is 390 g/mol. The van der Waals surface area contributed by atoms with E-state index in [1.165, 1.54) is 15.6 Å². The molecular weight excluding hydrogens is 370 g/mol. The van der Waals surface area contributed by atoms with Crippen molar-refractivity contribution >= 4 is 21.4 Å². The zero-order chi connectivity index (χ0) is 18.1. The Balaban J connectivity index is 1.55. The number of rotatable bonds is 4. The van der Waals surface area contributed by atoms with E-state index in [-0.39, 0.29) is 5.92 Å². The van der Waals surface area contributed by atoms with Crippen molar-refractivity contribution in [3.8, 4) is 10.8 Å². The van der Waals surface area contributed by atoms with Gasteiger partial charge in [-0.1, -0.05) is 23.8 Å². The zero-order valence-corrected chi connectivity index (χ0v) is 16.0. The van der Waals surface area contributed by atoms with Crippen LogP contribution in [0, 0.1) is 6.92 Å². The van der Waals surface area contributed by atoms with Gasteiger partial charge in [0.25, 0.3) is 5.89 Å². The van der Waals surface area contributed by atoms with Crippen LogP contribution in [0.15, 0.2) is 51.1 Å². The second-order valence-electron chi connectivity index (χ2n) is 6.44. The highest BCUT2D eigenvalue weighted by atomic mass is 32.2. The fraction of sp³-hybridized carbons (Fsp3) is 0.333.